The number of nitrogens with one attached hydrogen (secondary N) is 1. The van der Waals surface area contributed by atoms with Crippen molar-refractivity contribution in [3.8, 4) is 17.0 Å². The maximum Gasteiger partial charge on any atom is 0.128 e. The fraction of sp³-hybridized carbons (Fsp3) is 0.417. The molecule has 162 valence electrons. The molecule has 1 unspecified atom stereocenters. The average molecular weight is 429 g/mol. The van der Waals surface area contributed by atoms with Gasteiger partial charge in [0.05, 0.1) is 26.0 Å². The van der Waals surface area contributed by atoms with E-state index < -0.39 is 6.23 Å². The predicted octanol–water partition coefficient (Wildman–Crippen LogP) is 4.68. The Kier molecular flexibility index (Phi) is 7.83. The molecule has 2 aromatic carbocycles. The van der Waals surface area contributed by atoms with E-state index in [0.717, 1.165) is 11.3 Å². The minimum atomic E-state index is -0.657. The number of methoxy groups -OCH3 is 1. The number of aryl methyl sites for hydroxylation is 1. The molecule has 6 heteroatoms. The molecule has 1 aromatic heterocycles. The maximum absolute atomic E-state index is 9.97. The van der Waals surface area contributed by atoms with Crippen LogP contribution in [0.4, 0.5) is 0 Å². The van der Waals surface area contributed by atoms with Crippen LogP contribution in [-0.4, -0.2) is 48.5 Å². The number of thioether (sulfide) groups is 1. The molecule has 30 heavy (non-hydrogen) atoms. The van der Waals surface area contributed by atoms with Gasteiger partial charge in [0.1, 0.15) is 12.0 Å². The van der Waals surface area contributed by atoms with Crippen molar-refractivity contribution in [2.75, 3.05) is 26.6 Å². The van der Waals surface area contributed by atoms with E-state index >= 15 is 0 Å². The highest BCUT2D eigenvalue weighted by atomic mass is 32.2. The summed E-state index contributed by atoms with van der Waals surface area (Å²) in [6, 6.07) is 15.1. The van der Waals surface area contributed by atoms with E-state index in [1.54, 1.807) is 18.9 Å². The van der Waals surface area contributed by atoms with Gasteiger partial charge in [0.2, 0.25) is 0 Å². The van der Waals surface area contributed by atoms with Crippen molar-refractivity contribution in [1.29, 1.82) is 0 Å². The van der Waals surface area contributed by atoms with Crippen LogP contribution in [0.25, 0.3) is 22.2 Å². The minimum absolute atomic E-state index is 0.213. The molecule has 0 amide bonds. The third-order valence-corrected chi connectivity index (χ3v) is 5.89. The quantitative estimate of drug-likeness (QED) is 0.279. The molecule has 0 radical (unpaired) electrons. The third-order valence-electron chi connectivity index (χ3n) is 5.15. The first-order chi connectivity index (χ1) is 14.4. The van der Waals surface area contributed by atoms with Gasteiger partial charge in [-0.05, 0) is 68.5 Å². The van der Waals surface area contributed by atoms with Gasteiger partial charge >= 0.3 is 0 Å². The maximum atomic E-state index is 9.97. The molecule has 0 saturated heterocycles. The molecule has 0 aliphatic heterocycles. The molecule has 0 bridgehead atoms. The van der Waals surface area contributed by atoms with E-state index in [2.05, 4.69) is 59.5 Å². The molecule has 0 spiro atoms. The van der Waals surface area contributed by atoms with Gasteiger partial charge in [0.25, 0.3) is 0 Å². The van der Waals surface area contributed by atoms with Crippen molar-refractivity contribution < 1.29 is 14.6 Å². The number of ether oxygens (including phenoxy) is 2. The Morgan fingerprint density at radius 3 is 2.50 bits per heavy atom. The van der Waals surface area contributed by atoms with Crippen LogP contribution in [0.1, 0.15) is 19.4 Å². The topological polar surface area (TPSA) is 55.7 Å². The van der Waals surface area contributed by atoms with Crippen LogP contribution in [0.3, 0.4) is 0 Å². The first-order valence-electron chi connectivity index (χ1n) is 10.3. The van der Waals surface area contributed by atoms with Gasteiger partial charge in [-0.25, -0.2) is 0 Å². The smallest absolute Gasteiger partial charge is 0.128 e. The lowest BCUT2D eigenvalue weighted by atomic mass is 10.1. The van der Waals surface area contributed by atoms with Gasteiger partial charge in [0, 0.05) is 28.4 Å². The number of aromatic nitrogens is 1. The van der Waals surface area contributed by atoms with Crippen LogP contribution in [-0.2, 0) is 11.3 Å². The monoisotopic (exact) mass is 428 g/mol. The Balaban J connectivity index is 1.90. The molecule has 2 N–H and O–H groups in total. The summed E-state index contributed by atoms with van der Waals surface area (Å²) < 4.78 is 13.5. The summed E-state index contributed by atoms with van der Waals surface area (Å²) in [7, 11) is 1.69. The normalized spacial score (nSPS) is 12.6. The Hall–Kier alpha value is -1.99. The van der Waals surface area contributed by atoms with E-state index in [9.17, 15) is 5.11 Å². The van der Waals surface area contributed by atoms with Crippen molar-refractivity contribution >= 4 is 22.7 Å². The molecular weight excluding hydrogens is 396 g/mol. The number of benzene rings is 2. The summed E-state index contributed by atoms with van der Waals surface area (Å²) >= 11 is 1.74. The number of aliphatic hydroxyl groups is 1. The summed E-state index contributed by atoms with van der Waals surface area (Å²) in [6.45, 7) is 7.64. The summed E-state index contributed by atoms with van der Waals surface area (Å²) in [5.41, 5.74) is 4.75. The number of rotatable bonds is 10. The Bertz CT molecular complexity index is 967. The lowest BCUT2D eigenvalue weighted by Crippen LogP contribution is -2.38. The van der Waals surface area contributed by atoms with Gasteiger partial charge < -0.3 is 19.1 Å². The SMILES string of the molecule is COc1ccc2c(c1)c(C)c(-c1ccc(SC)cc1)n2CCOCC(O)NC(C)C. The van der Waals surface area contributed by atoms with Crippen LogP contribution in [0.5, 0.6) is 5.75 Å². The third kappa shape index (κ3) is 5.19. The van der Waals surface area contributed by atoms with E-state index in [4.69, 9.17) is 9.47 Å². The fourth-order valence-electron chi connectivity index (χ4n) is 3.77. The van der Waals surface area contributed by atoms with Gasteiger partial charge in [-0.3, -0.25) is 5.32 Å². The minimum Gasteiger partial charge on any atom is -0.497 e. The van der Waals surface area contributed by atoms with E-state index in [1.807, 2.05) is 19.9 Å². The predicted molar refractivity (Wildman–Crippen MR) is 126 cm³/mol. The highest BCUT2D eigenvalue weighted by Gasteiger charge is 2.17. The molecule has 0 aliphatic carbocycles. The number of aliphatic hydroxyl groups excluding tert-OH is 1. The van der Waals surface area contributed by atoms with Crippen molar-refractivity contribution in [3.05, 3.63) is 48.0 Å². The zero-order valence-electron chi connectivity index (χ0n) is 18.4. The average Bonchev–Trinajstić information content (AvgIpc) is 3.01. The molecular formula is C24H32N2O3S. The van der Waals surface area contributed by atoms with Crippen LogP contribution in [0.15, 0.2) is 47.4 Å². The van der Waals surface area contributed by atoms with E-state index in [-0.39, 0.29) is 12.6 Å². The highest BCUT2D eigenvalue weighted by Crippen LogP contribution is 2.35. The molecule has 0 saturated carbocycles. The van der Waals surface area contributed by atoms with E-state index in [0.29, 0.717) is 13.2 Å². The Morgan fingerprint density at radius 1 is 1.13 bits per heavy atom. The Morgan fingerprint density at radius 2 is 1.87 bits per heavy atom. The largest absolute Gasteiger partial charge is 0.497 e. The number of hydrogen-bond donors (Lipinski definition) is 2. The zero-order valence-corrected chi connectivity index (χ0v) is 19.3. The van der Waals surface area contributed by atoms with Gasteiger partial charge in [-0.15, -0.1) is 11.8 Å². The molecule has 1 heterocycles. The molecule has 3 aromatic rings. The summed E-state index contributed by atoms with van der Waals surface area (Å²) in [5.74, 6) is 0.853. The van der Waals surface area contributed by atoms with Crippen LogP contribution < -0.4 is 10.1 Å². The highest BCUT2D eigenvalue weighted by molar-refractivity contribution is 7.98. The number of nitrogens with zero attached hydrogens (tertiary/aromatic N) is 1. The Labute approximate surface area is 183 Å². The zero-order chi connectivity index (χ0) is 21.7. The molecule has 0 fully saturated rings. The van der Waals surface area contributed by atoms with Crippen LogP contribution in [0.2, 0.25) is 0 Å². The van der Waals surface area contributed by atoms with Gasteiger partial charge in [-0.1, -0.05) is 12.1 Å². The number of hydrogen-bond acceptors (Lipinski definition) is 5. The van der Waals surface area contributed by atoms with Gasteiger partial charge in [-0.2, -0.15) is 0 Å². The lowest BCUT2D eigenvalue weighted by molar-refractivity contribution is 0.0123. The second kappa shape index (κ2) is 10.4. The lowest BCUT2D eigenvalue weighted by Gasteiger charge is -2.17. The van der Waals surface area contributed by atoms with E-state index in [1.165, 1.54) is 27.1 Å². The first kappa shape index (κ1) is 22.7. The molecule has 1 atom stereocenters. The van der Waals surface area contributed by atoms with Crippen molar-refractivity contribution in [2.45, 2.75) is 44.5 Å². The second-order valence-corrected chi connectivity index (χ2v) is 8.53. The summed E-state index contributed by atoms with van der Waals surface area (Å²) in [6.07, 6.45) is 1.43. The number of fused-ring (bicyclic) bond motifs is 1. The van der Waals surface area contributed by atoms with Crippen molar-refractivity contribution in [3.63, 3.8) is 0 Å². The summed E-state index contributed by atoms with van der Waals surface area (Å²) in [5, 5.41) is 14.2. The van der Waals surface area contributed by atoms with Gasteiger partial charge in [0.15, 0.2) is 0 Å². The summed E-state index contributed by atoms with van der Waals surface area (Å²) in [4.78, 5) is 1.25. The second-order valence-electron chi connectivity index (χ2n) is 7.65. The molecule has 3 rings (SSSR count). The van der Waals surface area contributed by atoms with Crippen molar-refractivity contribution in [2.24, 2.45) is 0 Å². The van der Waals surface area contributed by atoms with Crippen LogP contribution in [0, 0.1) is 6.92 Å². The van der Waals surface area contributed by atoms with Crippen molar-refractivity contribution in [1.82, 2.24) is 9.88 Å². The standard InChI is InChI=1S/C24H32N2O3S/c1-16(2)25-23(27)15-29-13-12-26-22-11-8-19(28-4)14-21(22)17(3)24(26)18-6-9-20(30-5)10-7-18/h6-11,14,16,23,25,27H,12-13,15H2,1-5H3. The molecule has 5 nitrogen and oxygen atoms in total. The fourth-order valence-corrected chi connectivity index (χ4v) is 4.17. The van der Waals surface area contributed by atoms with Crippen LogP contribution >= 0.6 is 11.8 Å². The first-order valence-corrected chi connectivity index (χ1v) is 11.5. The molecule has 0 aliphatic rings.